The number of likely N-dealkylation sites (N-methyl/N-ethyl adjacent to an activating group) is 1. The fourth-order valence-corrected chi connectivity index (χ4v) is 4.85. The number of hydrogen-bond acceptors (Lipinski definition) is 3. The second kappa shape index (κ2) is 8.80. The van der Waals surface area contributed by atoms with E-state index in [1.807, 2.05) is 24.3 Å². The minimum absolute atomic E-state index is 0.0257. The Kier molecular flexibility index (Phi) is 6.46. The van der Waals surface area contributed by atoms with Crippen molar-refractivity contribution < 1.29 is 8.42 Å². The summed E-state index contributed by atoms with van der Waals surface area (Å²) in [6, 6.07) is 19.3. The number of benzene rings is 2. The third-order valence-electron chi connectivity index (χ3n) is 5.35. The van der Waals surface area contributed by atoms with Gasteiger partial charge in [-0.15, -0.1) is 0 Å². The Morgan fingerprint density at radius 2 is 1.54 bits per heavy atom. The van der Waals surface area contributed by atoms with Crippen molar-refractivity contribution in [3.63, 3.8) is 0 Å². The number of sulfonamides is 1. The van der Waals surface area contributed by atoms with E-state index in [9.17, 15) is 8.42 Å². The highest BCUT2D eigenvalue weighted by Gasteiger charge is 2.27. The summed E-state index contributed by atoms with van der Waals surface area (Å²) >= 11 is 0. The van der Waals surface area contributed by atoms with Crippen LogP contribution in [0.2, 0.25) is 0 Å². The van der Waals surface area contributed by atoms with E-state index in [2.05, 4.69) is 28.8 Å². The van der Waals surface area contributed by atoms with Gasteiger partial charge in [-0.3, -0.25) is 4.90 Å². The number of nitrogens with zero attached hydrogens (tertiary/aromatic N) is 1. The van der Waals surface area contributed by atoms with Crippen LogP contribution in [0.1, 0.15) is 43.7 Å². The maximum atomic E-state index is 12.6. The van der Waals surface area contributed by atoms with Gasteiger partial charge in [0.15, 0.2) is 0 Å². The highest BCUT2D eigenvalue weighted by atomic mass is 32.2. The molecule has 0 saturated heterocycles. The molecule has 5 heteroatoms. The van der Waals surface area contributed by atoms with Gasteiger partial charge in [-0.2, -0.15) is 0 Å². The predicted octanol–water partition coefficient (Wildman–Crippen LogP) is 3.97. The van der Waals surface area contributed by atoms with E-state index in [0.717, 1.165) is 5.56 Å². The average molecular weight is 373 g/mol. The summed E-state index contributed by atoms with van der Waals surface area (Å²) in [5.74, 6) is 0. The lowest BCUT2D eigenvalue weighted by atomic mass is 9.92. The van der Waals surface area contributed by atoms with Crippen molar-refractivity contribution in [1.29, 1.82) is 0 Å². The van der Waals surface area contributed by atoms with Gasteiger partial charge in [-0.25, -0.2) is 13.1 Å². The van der Waals surface area contributed by atoms with E-state index in [1.165, 1.54) is 32.1 Å². The zero-order valence-electron chi connectivity index (χ0n) is 15.3. The molecule has 2 aromatic rings. The van der Waals surface area contributed by atoms with Gasteiger partial charge in [0.1, 0.15) is 0 Å². The quantitative estimate of drug-likeness (QED) is 0.800. The molecule has 1 atom stereocenters. The zero-order valence-corrected chi connectivity index (χ0v) is 16.2. The fraction of sp³-hybridized carbons (Fsp3) is 0.429. The Bertz CT molecular complexity index is 772. The highest BCUT2D eigenvalue weighted by molar-refractivity contribution is 7.89. The summed E-state index contributed by atoms with van der Waals surface area (Å²) in [6.07, 6.45) is 6.19. The van der Waals surface area contributed by atoms with Gasteiger partial charge >= 0.3 is 0 Å². The SMILES string of the molecule is CN(C1CCCCC1)[C@H](CNS(=O)(=O)c1ccccc1)c1ccccc1. The van der Waals surface area contributed by atoms with E-state index in [0.29, 0.717) is 17.5 Å². The molecule has 0 unspecified atom stereocenters. The van der Waals surface area contributed by atoms with E-state index in [-0.39, 0.29) is 6.04 Å². The molecule has 0 aliphatic heterocycles. The largest absolute Gasteiger partial charge is 0.295 e. The summed E-state index contributed by atoms with van der Waals surface area (Å²) in [4.78, 5) is 2.68. The van der Waals surface area contributed by atoms with Gasteiger partial charge in [-0.1, -0.05) is 67.8 Å². The van der Waals surface area contributed by atoms with Crippen LogP contribution in [0.3, 0.4) is 0 Å². The molecule has 4 nitrogen and oxygen atoms in total. The second-order valence-corrected chi connectivity index (χ2v) is 8.82. The van der Waals surface area contributed by atoms with Crippen molar-refractivity contribution >= 4 is 10.0 Å². The molecule has 0 aromatic heterocycles. The first-order valence-corrected chi connectivity index (χ1v) is 10.9. The van der Waals surface area contributed by atoms with Crippen LogP contribution in [0.4, 0.5) is 0 Å². The number of hydrogen-bond donors (Lipinski definition) is 1. The van der Waals surface area contributed by atoms with E-state index in [4.69, 9.17) is 0 Å². The van der Waals surface area contributed by atoms with E-state index in [1.54, 1.807) is 24.3 Å². The smallest absolute Gasteiger partial charge is 0.240 e. The molecule has 1 fully saturated rings. The first-order chi connectivity index (χ1) is 12.6. The summed E-state index contributed by atoms with van der Waals surface area (Å²) < 4.78 is 28.1. The summed E-state index contributed by atoms with van der Waals surface area (Å²) in [5, 5.41) is 0. The van der Waals surface area contributed by atoms with Crippen LogP contribution in [0.5, 0.6) is 0 Å². The van der Waals surface area contributed by atoms with Crippen LogP contribution in [0.15, 0.2) is 65.6 Å². The number of rotatable bonds is 7. The van der Waals surface area contributed by atoms with Crippen LogP contribution >= 0.6 is 0 Å². The Hall–Kier alpha value is -1.69. The average Bonchev–Trinajstić information content (AvgIpc) is 2.70. The van der Waals surface area contributed by atoms with Gasteiger partial charge in [0.05, 0.1) is 4.90 Å². The molecule has 1 saturated carbocycles. The third-order valence-corrected chi connectivity index (χ3v) is 6.79. The molecule has 0 heterocycles. The Morgan fingerprint density at radius 3 is 2.15 bits per heavy atom. The summed E-state index contributed by atoms with van der Waals surface area (Å²) in [7, 11) is -1.37. The molecule has 1 N–H and O–H groups in total. The molecule has 1 aliphatic rings. The topological polar surface area (TPSA) is 49.4 Å². The zero-order chi connectivity index (χ0) is 18.4. The first kappa shape index (κ1) is 19.1. The molecule has 2 aromatic carbocycles. The van der Waals surface area contributed by atoms with Crippen LogP contribution in [-0.2, 0) is 10.0 Å². The van der Waals surface area contributed by atoms with Crippen LogP contribution < -0.4 is 4.72 Å². The molecule has 140 valence electrons. The van der Waals surface area contributed by atoms with E-state index < -0.39 is 10.0 Å². The van der Waals surface area contributed by atoms with Crippen LogP contribution in [-0.4, -0.2) is 33.0 Å². The Balaban J connectivity index is 1.78. The second-order valence-electron chi connectivity index (χ2n) is 7.05. The molecule has 0 spiro atoms. The van der Waals surface area contributed by atoms with E-state index >= 15 is 0 Å². The van der Waals surface area contributed by atoms with Crippen molar-refractivity contribution in [3.8, 4) is 0 Å². The maximum absolute atomic E-state index is 12.6. The predicted molar refractivity (Wildman–Crippen MR) is 105 cm³/mol. The summed E-state index contributed by atoms with van der Waals surface area (Å²) in [5.41, 5.74) is 1.15. The minimum atomic E-state index is -3.50. The van der Waals surface area contributed by atoms with Gasteiger partial charge in [0.25, 0.3) is 0 Å². The molecule has 0 bridgehead atoms. The lowest BCUT2D eigenvalue weighted by Gasteiger charge is -2.37. The van der Waals surface area contributed by atoms with Gasteiger partial charge in [0.2, 0.25) is 10.0 Å². The van der Waals surface area contributed by atoms with Crippen molar-refractivity contribution in [2.45, 2.75) is 49.1 Å². The van der Waals surface area contributed by atoms with Gasteiger partial charge in [0, 0.05) is 18.6 Å². The molecule has 1 aliphatic carbocycles. The Morgan fingerprint density at radius 1 is 0.962 bits per heavy atom. The minimum Gasteiger partial charge on any atom is -0.295 e. The normalized spacial score (nSPS) is 17.3. The lowest BCUT2D eigenvalue weighted by molar-refractivity contribution is 0.138. The fourth-order valence-electron chi connectivity index (χ4n) is 3.79. The molecular formula is C21H28N2O2S. The van der Waals surface area contributed by atoms with Crippen molar-refractivity contribution in [1.82, 2.24) is 9.62 Å². The molecule has 26 heavy (non-hydrogen) atoms. The standard InChI is InChI=1S/C21H28N2O2S/c1-23(19-13-7-3-8-14-19)21(18-11-5-2-6-12-18)17-22-26(24,25)20-15-9-4-10-16-20/h2,4-6,9-12,15-16,19,21-22H,3,7-8,13-14,17H2,1H3/t21-/m1/s1. The third kappa shape index (κ3) is 4.72. The highest BCUT2D eigenvalue weighted by Crippen LogP contribution is 2.29. The van der Waals surface area contributed by atoms with Crippen LogP contribution in [0.25, 0.3) is 0 Å². The van der Waals surface area contributed by atoms with Crippen molar-refractivity contribution in [2.24, 2.45) is 0 Å². The number of nitrogens with one attached hydrogen (secondary N) is 1. The Labute approximate surface area is 157 Å². The maximum Gasteiger partial charge on any atom is 0.240 e. The molecular weight excluding hydrogens is 344 g/mol. The van der Waals surface area contributed by atoms with Crippen molar-refractivity contribution in [3.05, 3.63) is 66.2 Å². The molecule has 0 radical (unpaired) electrons. The van der Waals surface area contributed by atoms with Gasteiger partial charge < -0.3 is 0 Å². The van der Waals surface area contributed by atoms with Crippen molar-refractivity contribution in [2.75, 3.05) is 13.6 Å². The van der Waals surface area contributed by atoms with Crippen LogP contribution in [0, 0.1) is 0 Å². The lowest BCUT2D eigenvalue weighted by Crippen LogP contribution is -2.42. The molecule has 3 rings (SSSR count). The monoisotopic (exact) mass is 372 g/mol. The molecule has 0 amide bonds. The summed E-state index contributed by atoms with van der Waals surface area (Å²) in [6.45, 7) is 0.369. The first-order valence-electron chi connectivity index (χ1n) is 9.39. The van der Waals surface area contributed by atoms with Gasteiger partial charge in [-0.05, 0) is 37.6 Å².